The molecule has 0 aromatic heterocycles. The number of carbonyl (C=O) groups excluding carboxylic acids is 1. The van der Waals surface area contributed by atoms with Crippen molar-refractivity contribution in [2.75, 3.05) is 6.54 Å². The molecule has 0 saturated heterocycles. The first-order chi connectivity index (χ1) is 9.41. The van der Waals surface area contributed by atoms with Crippen LogP contribution in [-0.2, 0) is 9.59 Å². The topological polar surface area (TPSA) is 66.4 Å². The Morgan fingerprint density at radius 3 is 2.05 bits per heavy atom. The van der Waals surface area contributed by atoms with Gasteiger partial charge in [0.2, 0.25) is 5.91 Å². The lowest BCUT2D eigenvalue weighted by molar-refractivity contribution is -0.143. The highest BCUT2D eigenvalue weighted by Crippen LogP contribution is 2.27. The zero-order valence-corrected chi connectivity index (χ0v) is 14.6. The van der Waals surface area contributed by atoms with Crippen LogP contribution in [0.3, 0.4) is 0 Å². The van der Waals surface area contributed by atoms with E-state index in [4.69, 9.17) is 0 Å². The predicted molar refractivity (Wildman–Crippen MR) is 86.1 cm³/mol. The number of amides is 1. The monoisotopic (exact) mass is 299 g/mol. The fourth-order valence-corrected chi connectivity index (χ4v) is 2.29. The van der Waals surface area contributed by atoms with E-state index in [1.54, 1.807) is 0 Å². The molecule has 0 saturated carbocycles. The van der Waals surface area contributed by atoms with Crippen LogP contribution >= 0.6 is 0 Å². The summed E-state index contributed by atoms with van der Waals surface area (Å²) in [6, 6.07) is 0. The molecule has 2 N–H and O–H groups in total. The van der Waals surface area contributed by atoms with Crippen molar-refractivity contribution in [3.63, 3.8) is 0 Å². The van der Waals surface area contributed by atoms with E-state index >= 15 is 0 Å². The summed E-state index contributed by atoms with van der Waals surface area (Å²) in [6.45, 7) is 13.3. The summed E-state index contributed by atoms with van der Waals surface area (Å²) in [7, 11) is 0. The number of carboxylic acids is 1. The van der Waals surface area contributed by atoms with E-state index in [-0.39, 0.29) is 16.7 Å². The lowest BCUT2D eigenvalue weighted by Gasteiger charge is -2.23. The van der Waals surface area contributed by atoms with Crippen molar-refractivity contribution in [3.05, 3.63) is 0 Å². The zero-order chi connectivity index (χ0) is 16.7. The molecule has 0 fully saturated rings. The molecule has 4 heteroatoms. The Labute approximate surface area is 129 Å². The highest BCUT2D eigenvalue weighted by molar-refractivity contribution is 5.77. The molecular formula is C17H33NO3. The van der Waals surface area contributed by atoms with E-state index in [2.05, 4.69) is 26.1 Å². The van der Waals surface area contributed by atoms with Gasteiger partial charge in [-0.25, -0.2) is 0 Å². The van der Waals surface area contributed by atoms with Crippen LogP contribution in [0.1, 0.15) is 73.6 Å². The summed E-state index contributed by atoms with van der Waals surface area (Å²) in [5.74, 6) is -1.28. The van der Waals surface area contributed by atoms with Gasteiger partial charge in [-0.1, -0.05) is 41.5 Å². The Balaban J connectivity index is 4.01. The normalized spacial score (nSPS) is 13.8. The van der Waals surface area contributed by atoms with Crippen molar-refractivity contribution in [3.8, 4) is 0 Å². The molecule has 0 aliphatic rings. The molecule has 0 aromatic rings. The van der Waals surface area contributed by atoms with Crippen LogP contribution in [0.2, 0.25) is 0 Å². The third-order valence-corrected chi connectivity index (χ3v) is 3.35. The Morgan fingerprint density at radius 2 is 1.62 bits per heavy atom. The zero-order valence-electron chi connectivity index (χ0n) is 14.6. The van der Waals surface area contributed by atoms with E-state index < -0.39 is 11.9 Å². The molecule has 0 heterocycles. The van der Waals surface area contributed by atoms with Crippen LogP contribution < -0.4 is 5.32 Å². The summed E-state index contributed by atoms with van der Waals surface area (Å²) in [4.78, 5) is 23.0. The number of hydrogen-bond acceptors (Lipinski definition) is 2. The fraction of sp³-hybridized carbons (Fsp3) is 0.882. The third-order valence-electron chi connectivity index (χ3n) is 3.35. The first-order valence-corrected chi connectivity index (χ1v) is 7.90. The van der Waals surface area contributed by atoms with Crippen molar-refractivity contribution in [1.82, 2.24) is 5.32 Å². The maximum atomic E-state index is 11.8. The van der Waals surface area contributed by atoms with Crippen LogP contribution in [-0.4, -0.2) is 23.5 Å². The molecule has 1 amide bonds. The average Bonchev–Trinajstić information content (AvgIpc) is 2.27. The van der Waals surface area contributed by atoms with Crippen molar-refractivity contribution in [1.29, 1.82) is 0 Å². The molecule has 0 rings (SSSR count). The molecule has 1 atom stereocenters. The van der Waals surface area contributed by atoms with Gasteiger partial charge in [-0.15, -0.1) is 0 Å². The second kappa shape index (κ2) is 8.40. The smallest absolute Gasteiger partial charge is 0.306 e. The first-order valence-electron chi connectivity index (χ1n) is 7.90. The Bertz CT molecular complexity index is 337. The minimum Gasteiger partial charge on any atom is -0.481 e. The number of hydrogen-bond donors (Lipinski definition) is 2. The van der Waals surface area contributed by atoms with E-state index in [0.29, 0.717) is 25.8 Å². The maximum Gasteiger partial charge on any atom is 0.306 e. The number of carboxylic acid groups (broad SMARTS) is 1. The highest BCUT2D eigenvalue weighted by atomic mass is 16.4. The fourth-order valence-electron chi connectivity index (χ4n) is 2.29. The lowest BCUT2D eigenvalue weighted by atomic mass is 9.82. The van der Waals surface area contributed by atoms with Crippen molar-refractivity contribution in [2.45, 2.75) is 73.6 Å². The first kappa shape index (κ1) is 19.9. The SMILES string of the molecule is CC(C)(C)CCCNC(=O)CC[C@H](CC(C)(C)C)C(=O)O. The van der Waals surface area contributed by atoms with Crippen molar-refractivity contribution < 1.29 is 14.7 Å². The van der Waals surface area contributed by atoms with Crippen LogP contribution in [0.15, 0.2) is 0 Å². The van der Waals surface area contributed by atoms with E-state index in [0.717, 1.165) is 12.8 Å². The summed E-state index contributed by atoms with van der Waals surface area (Å²) in [5, 5.41) is 12.1. The van der Waals surface area contributed by atoms with Gasteiger partial charge in [0, 0.05) is 13.0 Å². The van der Waals surface area contributed by atoms with Gasteiger partial charge in [0.15, 0.2) is 0 Å². The minimum atomic E-state index is -0.801. The maximum absolute atomic E-state index is 11.8. The number of rotatable bonds is 8. The van der Waals surface area contributed by atoms with Crippen LogP contribution in [0.4, 0.5) is 0 Å². The van der Waals surface area contributed by atoms with Gasteiger partial charge in [0.05, 0.1) is 5.92 Å². The van der Waals surface area contributed by atoms with Gasteiger partial charge < -0.3 is 10.4 Å². The van der Waals surface area contributed by atoms with Gasteiger partial charge in [-0.3, -0.25) is 9.59 Å². The van der Waals surface area contributed by atoms with Gasteiger partial charge >= 0.3 is 5.97 Å². The lowest BCUT2D eigenvalue weighted by Crippen LogP contribution is -2.27. The quantitative estimate of drug-likeness (QED) is 0.669. The van der Waals surface area contributed by atoms with Crippen LogP contribution in [0.5, 0.6) is 0 Å². The van der Waals surface area contributed by atoms with E-state index in [1.165, 1.54) is 0 Å². The standard InChI is InChI=1S/C17H33NO3/c1-16(2,3)10-7-11-18-14(19)9-8-13(15(20)21)12-17(4,5)6/h13H,7-12H2,1-6H3,(H,18,19)(H,20,21)/t13-/m1/s1. The average molecular weight is 299 g/mol. The summed E-state index contributed by atoms with van der Waals surface area (Å²) in [6.07, 6.45) is 3.33. The molecule has 124 valence electrons. The molecule has 0 aromatic carbocycles. The summed E-state index contributed by atoms with van der Waals surface area (Å²) < 4.78 is 0. The van der Waals surface area contributed by atoms with Crippen molar-refractivity contribution >= 4 is 11.9 Å². The summed E-state index contributed by atoms with van der Waals surface area (Å²) in [5.41, 5.74) is 0.248. The van der Waals surface area contributed by atoms with Gasteiger partial charge in [-0.05, 0) is 36.5 Å². The van der Waals surface area contributed by atoms with Gasteiger partial charge in [-0.2, -0.15) is 0 Å². The van der Waals surface area contributed by atoms with Crippen LogP contribution in [0, 0.1) is 16.7 Å². The third kappa shape index (κ3) is 12.4. The molecule has 0 radical (unpaired) electrons. The minimum absolute atomic E-state index is 0.0355. The number of nitrogens with one attached hydrogen (secondary N) is 1. The molecule has 0 unspecified atom stereocenters. The molecule has 0 aliphatic heterocycles. The molecule has 21 heavy (non-hydrogen) atoms. The largest absolute Gasteiger partial charge is 0.481 e. The molecule has 4 nitrogen and oxygen atoms in total. The number of aliphatic carboxylic acids is 1. The predicted octanol–water partition coefficient (Wildman–Crippen LogP) is 3.85. The molecule has 0 bridgehead atoms. The summed E-state index contributed by atoms with van der Waals surface area (Å²) >= 11 is 0. The molecule has 0 aliphatic carbocycles. The van der Waals surface area contributed by atoms with E-state index in [1.807, 2.05) is 20.8 Å². The Hall–Kier alpha value is -1.06. The van der Waals surface area contributed by atoms with Gasteiger partial charge in [0.25, 0.3) is 0 Å². The van der Waals surface area contributed by atoms with E-state index in [9.17, 15) is 14.7 Å². The Morgan fingerprint density at radius 1 is 1.05 bits per heavy atom. The second-order valence-electron chi connectivity index (χ2n) is 8.35. The number of carbonyl (C=O) groups is 2. The molecule has 0 spiro atoms. The van der Waals surface area contributed by atoms with Crippen molar-refractivity contribution in [2.24, 2.45) is 16.7 Å². The highest BCUT2D eigenvalue weighted by Gasteiger charge is 2.25. The molecular weight excluding hydrogens is 266 g/mol. The van der Waals surface area contributed by atoms with Crippen LogP contribution in [0.25, 0.3) is 0 Å². The van der Waals surface area contributed by atoms with Gasteiger partial charge in [0.1, 0.15) is 0 Å². The second-order valence-corrected chi connectivity index (χ2v) is 8.35. The Kier molecular flexibility index (Phi) is 7.98.